The van der Waals surface area contributed by atoms with Crippen LogP contribution < -0.4 is 5.73 Å². The molecular weight excluding hydrogens is 166 g/mol. The van der Waals surface area contributed by atoms with Crippen molar-refractivity contribution in [1.29, 1.82) is 0 Å². The number of rotatable bonds is 0. The molecule has 3 atom stereocenters. The molecule has 3 nitrogen and oxygen atoms in total. The maximum atomic E-state index is 6.06. The first-order chi connectivity index (χ1) is 6.32. The van der Waals surface area contributed by atoms with Crippen molar-refractivity contribution in [1.82, 2.24) is 0 Å². The highest BCUT2D eigenvalue weighted by molar-refractivity contribution is 5.02. The van der Waals surface area contributed by atoms with E-state index in [-0.39, 0.29) is 5.79 Å². The van der Waals surface area contributed by atoms with Gasteiger partial charge in [-0.25, -0.2) is 0 Å². The van der Waals surface area contributed by atoms with E-state index in [4.69, 9.17) is 15.2 Å². The molecule has 0 aromatic heterocycles. The average molecular weight is 183 g/mol. The smallest absolute Gasteiger partial charge is 0.171 e. The van der Waals surface area contributed by atoms with E-state index in [2.05, 4.69) is 0 Å². The van der Waals surface area contributed by atoms with E-state index < -0.39 is 0 Å². The molecule has 3 unspecified atom stereocenters. The average Bonchev–Trinajstić information content (AvgIpc) is 2.46. The van der Waals surface area contributed by atoms with Crippen LogP contribution in [0.5, 0.6) is 0 Å². The number of hydrogen-bond acceptors (Lipinski definition) is 3. The van der Waals surface area contributed by atoms with Crippen LogP contribution in [0.2, 0.25) is 0 Å². The van der Waals surface area contributed by atoms with E-state index in [1.807, 2.05) is 0 Å². The maximum absolute atomic E-state index is 6.06. The van der Waals surface area contributed by atoms with E-state index in [0.717, 1.165) is 26.1 Å². The van der Waals surface area contributed by atoms with Gasteiger partial charge in [-0.2, -0.15) is 0 Å². The third-order valence-electron chi connectivity index (χ3n) is 4.04. The van der Waals surface area contributed by atoms with Crippen LogP contribution in [0.1, 0.15) is 25.7 Å². The standard InChI is InChI=1S/C10H17NO2/c11-9-3-4-10(12-5-6-13-10)8-2-1-7(8)9/h7-9H,1-6,11H2. The Morgan fingerprint density at radius 3 is 2.46 bits per heavy atom. The molecule has 1 spiro atoms. The maximum Gasteiger partial charge on any atom is 0.171 e. The third-order valence-corrected chi connectivity index (χ3v) is 4.04. The van der Waals surface area contributed by atoms with Crippen LogP contribution in [0.4, 0.5) is 0 Å². The van der Waals surface area contributed by atoms with E-state index in [9.17, 15) is 0 Å². The van der Waals surface area contributed by atoms with Crippen molar-refractivity contribution in [2.75, 3.05) is 13.2 Å². The molecule has 0 aromatic rings. The summed E-state index contributed by atoms with van der Waals surface area (Å²) < 4.78 is 11.6. The summed E-state index contributed by atoms with van der Waals surface area (Å²) in [5.74, 6) is 1.06. The van der Waals surface area contributed by atoms with Crippen LogP contribution >= 0.6 is 0 Å². The first-order valence-corrected chi connectivity index (χ1v) is 5.35. The highest BCUT2D eigenvalue weighted by Crippen LogP contribution is 2.52. The molecule has 3 rings (SSSR count). The zero-order valence-electron chi connectivity index (χ0n) is 7.87. The summed E-state index contributed by atoms with van der Waals surface area (Å²) in [5.41, 5.74) is 6.06. The molecule has 2 aliphatic carbocycles. The Bertz CT molecular complexity index is 213. The Morgan fingerprint density at radius 2 is 1.85 bits per heavy atom. The Labute approximate surface area is 78.6 Å². The first kappa shape index (κ1) is 8.21. The molecule has 0 amide bonds. The summed E-state index contributed by atoms with van der Waals surface area (Å²) in [5, 5.41) is 0. The Hall–Kier alpha value is -0.120. The van der Waals surface area contributed by atoms with Crippen molar-refractivity contribution in [3.8, 4) is 0 Å². The molecule has 74 valence electrons. The normalized spacial score (nSPS) is 47.3. The van der Waals surface area contributed by atoms with Crippen molar-refractivity contribution in [3.63, 3.8) is 0 Å². The second-order valence-corrected chi connectivity index (χ2v) is 4.56. The molecule has 2 N–H and O–H groups in total. The minimum absolute atomic E-state index is 0.210. The zero-order chi connectivity index (χ0) is 8.89. The molecule has 1 aliphatic heterocycles. The number of hydrogen-bond donors (Lipinski definition) is 1. The van der Waals surface area contributed by atoms with Gasteiger partial charge in [0, 0.05) is 18.4 Å². The van der Waals surface area contributed by atoms with Crippen LogP contribution in [-0.4, -0.2) is 25.0 Å². The molecule has 0 aromatic carbocycles. The van der Waals surface area contributed by atoms with Crippen molar-refractivity contribution < 1.29 is 9.47 Å². The van der Waals surface area contributed by atoms with Crippen LogP contribution in [-0.2, 0) is 9.47 Å². The van der Waals surface area contributed by atoms with Gasteiger partial charge in [0.15, 0.2) is 5.79 Å². The fourth-order valence-corrected chi connectivity index (χ4v) is 3.18. The van der Waals surface area contributed by atoms with Gasteiger partial charge in [-0.05, 0) is 25.2 Å². The fourth-order valence-electron chi connectivity index (χ4n) is 3.18. The molecule has 0 radical (unpaired) electrons. The molecular formula is C10H17NO2. The summed E-state index contributed by atoms with van der Waals surface area (Å²) in [7, 11) is 0. The lowest BCUT2D eigenvalue weighted by molar-refractivity contribution is -0.251. The lowest BCUT2D eigenvalue weighted by atomic mass is 9.60. The van der Waals surface area contributed by atoms with E-state index in [0.29, 0.717) is 17.9 Å². The van der Waals surface area contributed by atoms with Gasteiger partial charge in [-0.3, -0.25) is 0 Å². The topological polar surface area (TPSA) is 44.5 Å². The first-order valence-electron chi connectivity index (χ1n) is 5.35. The SMILES string of the molecule is NC1CCC2(OCCO2)C2CCC12. The Kier molecular flexibility index (Phi) is 1.70. The fraction of sp³-hybridized carbons (Fsp3) is 1.00. The van der Waals surface area contributed by atoms with Gasteiger partial charge in [-0.1, -0.05) is 0 Å². The van der Waals surface area contributed by atoms with Gasteiger partial charge in [0.1, 0.15) is 0 Å². The number of ether oxygens (including phenoxy) is 2. The van der Waals surface area contributed by atoms with Gasteiger partial charge < -0.3 is 15.2 Å². The van der Waals surface area contributed by atoms with Crippen LogP contribution in [0.15, 0.2) is 0 Å². The predicted molar refractivity (Wildman–Crippen MR) is 48.1 cm³/mol. The molecule has 3 heteroatoms. The van der Waals surface area contributed by atoms with E-state index in [1.54, 1.807) is 0 Å². The molecule has 0 bridgehead atoms. The van der Waals surface area contributed by atoms with Crippen LogP contribution in [0, 0.1) is 11.8 Å². The van der Waals surface area contributed by atoms with Gasteiger partial charge in [0.25, 0.3) is 0 Å². The highest BCUT2D eigenvalue weighted by Gasteiger charge is 2.56. The van der Waals surface area contributed by atoms with Gasteiger partial charge in [0.2, 0.25) is 0 Å². The summed E-state index contributed by atoms with van der Waals surface area (Å²) in [6.07, 6.45) is 4.61. The second-order valence-electron chi connectivity index (χ2n) is 4.56. The molecule has 3 fully saturated rings. The van der Waals surface area contributed by atoms with Crippen molar-refractivity contribution >= 4 is 0 Å². The molecule has 1 heterocycles. The third kappa shape index (κ3) is 1.01. The van der Waals surface area contributed by atoms with E-state index in [1.165, 1.54) is 12.8 Å². The molecule has 13 heavy (non-hydrogen) atoms. The highest BCUT2D eigenvalue weighted by atomic mass is 16.7. The molecule has 1 saturated heterocycles. The van der Waals surface area contributed by atoms with Gasteiger partial charge in [-0.15, -0.1) is 0 Å². The van der Waals surface area contributed by atoms with Gasteiger partial charge in [0.05, 0.1) is 13.2 Å². The molecule has 2 saturated carbocycles. The summed E-state index contributed by atoms with van der Waals surface area (Å²) in [4.78, 5) is 0. The van der Waals surface area contributed by atoms with Crippen molar-refractivity contribution in [3.05, 3.63) is 0 Å². The van der Waals surface area contributed by atoms with Crippen LogP contribution in [0.3, 0.4) is 0 Å². The summed E-state index contributed by atoms with van der Waals surface area (Å²) in [6, 6.07) is 0.400. The Morgan fingerprint density at radius 1 is 1.08 bits per heavy atom. The minimum Gasteiger partial charge on any atom is -0.347 e. The zero-order valence-corrected chi connectivity index (χ0v) is 7.87. The lowest BCUT2D eigenvalue weighted by Crippen LogP contribution is -2.58. The second kappa shape index (κ2) is 2.69. The lowest BCUT2D eigenvalue weighted by Gasteiger charge is -2.53. The van der Waals surface area contributed by atoms with Crippen molar-refractivity contribution in [2.45, 2.75) is 37.5 Å². The van der Waals surface area contributed by atoms with Crippen molar-refractivity contribution in [2.24, 2.45) is 17.6 Å². The van der Waals surface area contributed by atoms with Crippen LogP contribution in [0.25, 0.3) is 0 Å². The quantitative estimate of drug-likeness (QED) is 0.606. The number of nitrogens with two attached hydrogens (primary N) is 1. The summed E-state index contributed by atoms with van der Waals surface area (Å²) >= 11 is 0. The summed E-state index contributed by atoms with van der Waals surface area (Å²) in [6.45, 7) is 1.55. The van der Waals surface area contributed by atoms with Gasteiger partial charge >= 0.3 is 0 Å². The number of fused-ring (bicyclic) bond motifs is 2. The molecule has 3 aliphatic rings. The largest absolute Gasteiger partial charge is 0.347 e. The minimum atomic E-state index is -0.210. The predicted octanol–water partition coefficient (Wildman–Crippen LogP) is 0.877. The Balaban J connectivity index is 1.82. The van der Waals surface area contributed by atoms with E-state index >= 15 is 0 Å². The monoisotopic (exact) mass is 183 g/mol.